The lowest BCUT2D eigenvalue weighted by Crippen LogP contribution is -2.39. The van der Waals surface area contributed by atoms with E-state index in [1.165, 1.54) is 16.7 Å². The first-order chi connectivity index (χ1) is 8.20. The Hall–Kier alpha value is -1.06. The van der Waals surface area contributed by atoms with Gasteiger partial charge in [0.05, 0.1) is 19.8 Å². The fourth-order valence-corrected chi connectivity index (χ4v) is 2.29. The van der Waals surface area contributed by atoms with Crippen LogP contribution < -0.4 is 10.1 Å². The molecule has 0 saturated carbocycles. The van der Waals surface area contributed by atoms with Crippen molar-refractivity contribution in [2.24, 2.45) is 0 Å². The van der Waals surface area contributed by atoms with Gasteiger partial charge in [0.1, 0.15) is 5.75 Å². The molecule has 0 aromatic heterocycles. The highest BCUT2D eigenvalue weighted by Gasteiger charge is 2.15. The van der Waals surface area contributed by atoms with Gasteiger partial charge in [0.25, 0.3) is 0 Å². The van der Waals surface area contributed by atoms with E-state index in [1.807, 2.05) is 0 Å². The molecule has 1 heterocycles. The zero-order chi connectivity index (χ0) is 12.3. The number of rotatable bonds is 3. The van der Waals surface area contributed by atoms with Gasteiger partial charge in [-0.1, -0.05) is 6.07 Å². The summed E-state index contributed by atoms with van der Waals surface area (Å²) in [6.45, 7) is 6.95. The van der Waals surface area contributed by atoms with Gasteiger partial charge in [-0.2, -0.15) is 0 Å². The van der Waals surface area contributed by atoms with Crippen molar-refractivity contribution in [1.82, 2.24) is 5.32 Å². The van der Waals surface area contributed by atoms with Crippen LogP contribution in [-0.2, 0) is 11.2 Å². The molecule has 1 N–H and O–H groups in total. The molecule has 0 bridgehead atoms. The van der Waals surface area contributed by atoms with E-state index in [0.29, 0.717) is 6.10 Å². The van der Waals surface area contributed by atoms with Crippen LogP contribution in [0.15, 0.2) is 12.1 Å². The van der Waals surface area contributed by atoms with Gasteiger partial charge in [-0.3, -0.25) is 0 Å². The van der Waals surface area contributed by atoms with E-state index in [4.69, 9.17) is 9.47 Å². The molecule has 3 nitrogen and oxygen atoms in total. The Labute approximate surface area is 103 Å². The van der Waals surface area contributed by atoms with Crippen LogP contribution in [0.2, 0.25) is 0 Å². The fourth-order valence-electron chi connectivity index (χ4n) is 2.29. The Morgan fingerprint density at radius 3 is 2.82 bits per heavy atom. The molecule has 1 aromatic rings. The molecule has 0 spiro atoms. The molecular formula is C14H21NO2. The average molecular weight is 235 g/mol. The molecule has 0 radical (unpaired) electrons. The van der Waals surface area contributed by atoms with Crippen molar-refractivity contribution in [3.63, 3.8) is 0 Å². The van der Waals surface area contributed by atoms with Gasteiger partial charge >= 0.3 is 0 Å². The van der Waals surface area contributed by atoms with Gasteiger partial charge < -0.3 is 14.8 Å². The standard InChI is InChI=1S/C14H21NO2/c1-10-7-14(16-3)11(2)6-12(10)8-13-9-15-4-5-17-13/h6-7,13,15H,4-5,8-9H2,1-3H3. The van der Waals surface area contributed by atoms with Crippen LogP contribution in [-0.4, -0.2) is 32.9 Å². The lowest BCUT2D eigenvalue weighted by atomic mass is 9.99. The zero-order valence-electron chi connectivity index (χ0n) is 10.9. The third-order valence-corrected chi connectivity index (χ3v) is 3.31. The van der Waals surface area contributed by atoms with E-state index < -0.39 is 0 Å². The topological polar surface area (TPSA) is 30.5 Å². The maximum absolute atomic E-state index is 5.74. The molecule has 1 saturated heterocycles. The first-order valence-electron chi connectivity index (χ1n) is 6.17. The fraction of sp³-hybridized carbons (Fsp3) is 0.571. The second-order valence-corrected chi connectivity index (χ2v) is 4.65. The third kappa shape index (κ3) is 2.99. The molecule has 0 amide bonds. The molecule has 1 atom stereocenters. The van der Waals surface area contributed by atoms with Gasteiger partial charge in [0, 0.05) is 19.5 Å². The summed E-state index contributed by atoms with van der Waals surface area (Å²) in [5.74, 6) is 0.967. The second-order valence-electron chi connectivity index (χ2n) is 4.65. The number of nitrogens with one attached hydrogen (secondary N) is 1. The Morgan fingerprint density at radius 1 is 1.35 bits per heavy atom. The number of benzene rings is 1. The van der Waals surface area contributed by atoms with E-state index >= 15 is 0 Å². The van der Waals surface area contributed by atoms with E-state index in [1.54, 1.807) is 7.11 Å². The smallest absolute Gasteiger partial charge is 0.122 e. The van der Waals surface area contributed by atoms with Gasteiger partial charge in [-0.15, -0.1) is 0 Å². The van der Waals surface area contributed by atoms with Crippen LogP contribution in [0.5, 0.6) is 5.75 Å². The van der Waals surface area contributed by atoms with E-state index in [2.05, 4.69) is 31.3 Å². The maximum atomic E-state index is 5.74. The lowest BCUT2D eigenvalue weighted by molar-refractivity contribution is 0.0291. The summed E-state index contributed by atoms with van der Waals surface area (Å²) in [5, 5.41) is 3.36. The summed E-state index contributed by atoms with van der Waals surface area (Å²) in [5.41, 5.74) is 3.83. The van der Waals surface area contributed by atoms with Crippen LogP contribution in [0.25, 0.3) is 0 Å². The molecule has 94 valence electrons. The molecule has 1 fully saturated rings. The SMILES string of the molecule is COc1cc(C)c(CC2CNCCO2)cc1C. The van der Waals surface area contributed by atoms with Crippen molar-refractivity contribution < 1.29 is 9.47 Å². The van der Waals surface area contributed by atoms with Crippen molar-refractivity contribution >= 4 is 0 Å². The highest BCUT2D eigenvalue weighted by atomic mass is 16.5. The molecular weight excluding hydrogens is 214 g/mol. The number of morpholine rings is 1. The van der Waals surface area contributed by atoms with E-state index in [0.717, 1.165) is 31.9 Å². The maximum Gasteiger partial charge on any atom is 0.122 e. The number of hydrogen-bond donors (Lipinski definition) is 1. The second kappa shape index (κ2) is 5.52. The van der Waals surface area contributed by atoms with E-state index in [9.17, 15) is 0 Å². The Morgan fingerprint density at radius 2 is 2.18 bits per heavy atom. The molecule has 17 heavy (non-hydrogen) atoms. The Kier molecular flexibility index (Phi) is 4.02. The van der Waals surface area contributed by atoms with Crippen LogP contribution in [0, 0.1) is 13.8 Å². The molecule has 2 rings (SSSR count). The largest absolute Gasteiger partial charge is 0.496 e. The normalized spacial score (nSPS) is 20.3. The van der Waals surface area contributed by atoms with Crippen molar-refractivity contribution in [2.45, 2.75) is 26.4 Å². The summed E-state index contributed by atoms with van der Waals surface area (Å²) in [4.78, 5) is 0. The van der Waals surface area contributed by atoms with Gasteiger partial charge in [-0.25, -0.2) is 0 Å². The van der Waals surface area contributed by atoms with Crippen LogP contribution >= 0.6 is 0 Å². The average Bonchev–Trinajstić information content (AvgIpc) is 2.34. The summed E-state index contributed by atoms with van der Waals surface area (Å²) < 4.78 is 11.1. The van der Waals surface area contributed by atoms with Crippen molar-refractivity contribution in [1.29, 1.82) is 0 Å². The van der Waals surface area contributed by atoms with Crippen molar-refractivity contribution in [3.8, 4) is 5.75 Å². The third-order valence-electron chi connectivity index (χ3n) is 3.31. The molecule has 1 unspecified atom stereocenters. The Bertz CT molecular complexity index is 384. The minimum absolute atomic E-state index is 0.301. The first-order valence-corrected chi connectivity index (χ1v) is 6.17. The van der Waals surface area contributed by atoms with Crippen molar-refractivity contribution in [3.05, 3.63) is 28.8 Å². The lowest BCUT2D eigenvalue weighted by Gasteiger charge is -2.24. The zero-order valence-corrected chi connectivity index (χ0v) is 10.9. The van der Waals surface area contributed by atoms with Gasteiger partial charge in [0.2, 0.25) is 0 Å². The van der Waals surface area contributed by atoms with Crippen LogP contribution in [0.4, 0.5) is 0 Å². The molecule has 0 aliphatic carbocycles. The highest BCUT2D eigenvalue weighted by molar-refractivity contribution is 5.41. The molecule has 1 aliphatic heterocycles. The van der Waals surface area contributed by atoms with Crippen LogP contribution in [0.1, 0.15) is 16.7 Å². The molecule has 1 aromatic carbocycles. The number of ether oxygens (including phenoxy) is 2. The number of aryl methyl sites for hydroxylation is 2. The van der Waals surface area contributed by atoms with Gasteiger partial charge in [-0.05, 0) is 36.6 Å². The summed E-state index contributed by atoms with van der Waals surface area (Å²) >= 11 is 0. The summed E-state index contributed by atoms with van der Waals surface area (Å²) in [7, 11) is 1.72. The number of methoxy groups -OCH3 is 1. The van der Waals surface area contributed by atoms with Gasteiger partial charge in [0.15, 0.2) is 0 Å². The first kappa shape index (κ1) is 12.4. The van der Waals surface area contributed by atoms with Crippen molar-refractivity contribution in [2.75, 3.05) is 26.8 Å². The number of hydrogen-bond acceptors (Lipinski definition) is 3. The highest BCUT2D eigenvalue weighted by Crippen LogP contribution is 2.23. The minimum atomic E-state index is 0.301. The molecule has 3 heteroatoms. The molecule has 1 aliphatic rings. The van der Waals surface area contributed by atoms with E-state index in [-0.39, 0.29) is 0 Å². The summed E-state index contributed by atoms with van der Waals surface area (Å²) in [6, 6.07) is 4.33. The van der Waals surface area contributed by atoms with Crippen LogP contribution in [0.3, 0.4) is 0 Å². The Balaban J connectivity index is 2.12. The minimum Gasteiger partial charge on any atom is -0.496 e. The predicted molar refractivity (Wildman–Crippen MR) is 68.8 cm³/mol. The summed E-state index contributed by atoms with van der Waals surface area (Å²) in [6.07, 6.45) is 1.28. The monoisotopic (exact) mass is 235 g/mol. The predicted octanol–water partition coefficient (Wildman–Crippen LogP) is 1.84. The quantitative estimate of drug-likeness (QED) is 0.867.